The molecule has 3 heteroatoms. The van der Waals surface area contributed by atoms with Gasteiger partial charge in [-0.15, -0.1) is 0 Å². The summed E-state index contributed by atoms with van der Waals surface area (Å²) in [4.78, 5) is 14.0. The van der Waals surface area contributed by atoms with Crippen molar-refractivity contribution < 1.29 is 9.53 Å². The van der Waals surface area contributed by atoms with Gasteiger partial charge in [0.15, 0.2) is 0 Å². The fraction of sp³-hybridized carbons (Fsp3) is 0.875. The van der Waals surface area contributed by atoms with E-state index in [9.17, 15) is 4.79 Å². The first-order valence-corrected chi connectivity index (χ1v) is 11.8. The van der Waals surface area contributed by atoms with Crippen molar-refractivity contribution in [2.45, 2.75) is 111 Å². The lowest BCUT2D eigenvalue weighted by atomic mass is 10.1. The van der Waals surface area contributed by atoms with E-state index < -0.39 is 0 Å². The largest absolute Gasteiger partial charge is 0.464 e. The van der Waals surface area contributed by atoms with E-state index in [1.807, 2.05) is 0 Å². The van der Waals surface area contributed by atoms with Gasteiger partial charge in [-0.1, -0.05) is 84.3 Å². The Balaban J connectivity index is 3.28. The quantitative estimate of drug-likeness (QED) is 0.130. The van der Waals surface area contributed by atoms with Crippen LogP contribution in [0.5, 0.6) is 0 Å². The molecule has 0 aliphatic heterocycles. The van der Waals surface area contributed by atoms with Crippen molar-refractivity contribution in [1.82, 2.24) is 4.90 Å². The fourth-order valence-corrected chi connectivity index (χ4v) is 3.24. The maximum Gasteiger partial charge on any atom is 0.305 e. The third-order valence-corrected chi connectivity index (χ3v) is 5.21. The Bertz CT molecular complexity index is 337. The maximum atomic E-state index is 11.7. The molecule has 0 spiro atoms. The van der Waals surface area contributed by atoms with E-state index in [0.29, 0.717) is 13.0 Å². The number of carbonyl (C=O) groups excluding carboxylic acids is 1. The van der Waals surface area contributed by atoms with Crippen LogP contribution in [0.1, 0.15) is 111 Å². The molecule has 0 bridgehead atoms. The van der Waals surface area contributed by atoms with E-state index in [2.05, 4.69) is 37.8 Å². The summed E-state index contributed by atoms with van der Waals surface area (Å²) < 4.78 is 5.31. The molecule has 0 aliphatic rings. The SMILES string of the molecule is CCCCCCCCC=CCCCCCCCC(=O)OCCN(CC)CC. The summed E-state index contributed by atoms with van der Waals surface area (Å²) in [6, 6.07) is 0. The van der Waals surface area contributed by atoms with Gasteiger partial charge in [-0.25, -0.2) is 0 Å². The number of ether oxygens (including phenoxy) is 1. The van der Waals surface area contributed by atoms with Gasteiger partial charge in [0.1, 0.15) is 6.61 Å². The topological polar surface area (TPSA) is 29.5 Å². The van der Waals surface area contributed by atoms with Crippen LogP contribution >= 0.6 is 0 Å². The minimum absolute atomic E-state index is 0.0280. The van der Waals surface area contributed by atoms with E-state index in [-0.39, 0.29) is 5.97 Å². The Labute approximate surface area is 169 Å². The second-order valence-corrected chi connectivity index (χ2v) is 7.58. The van der Waals surface area contributed by atoms with Crippen LogP contribution in [0.2, 0.25) is 0 Å². The van der Waals surface area contributed by atoms with Crippen molar-refractivity contribution in [3.8, 4) is 0 Å². The Hall–Kier alpha value is -0.830. The molecule has 0 atom stereocenters. The van der Waals surface area contributed by atoms with Crippen molar-refractivity contribution in [2.75, 3.05) is 26.2 Å². The van der Waals surface area contributed by atoms with Gasteiger partial charge in [-0.3, -0.25) is 4.79 Å². The maximum absolute atomic E-state index is 11.7. The number of allylic oxidation sites excluding steroid dienone is 2. The lowest BCUT2D eigenvalue weighted by molar-refractivity contribution is -0.144. The molecule has 160 valence electrons. The molecule has 0 aliphatic carbocycles. The highest BCUT2D eigenvalue weighted by Crippen LogP contribution is 2.10. The standard InChI is InChI=1S/C24H47NO2/c1-4-7-8-9-10-11-12-13-14-15-16-17-18-19-20-21-24(26)27-23-22-25(5-2)6-3/h13-14H,4-12,15-23H2,1-3H3. The molecule has 0 radical (unpaired) electrons. The first kappa shape index (κ1) is 26.2. The van der Waals surface area contributed by atoms with Crippen LogP contribution in [0, 0.1) is 0 Å². The van der Waals surface area contributed by atoms with E-state index in [0.717, 1.165) is 32.5 Å². The molecule has 0 N–H and O–H groups in total. The molecule has 0 fully saturated rings. The van der Waals surface area contributed by atoms with Crippen LogP contribution in [0.15, 0.2) is 12.2 Å². The van der Waals surface area contributed by atoms with Gasteiger partial charge in [0, 0.05) is 13.0 Å². The lowest BCUT2D eigenvalue weighted by Crippen LogP contribution is -2.27. The number of carbonyl (C=O) groups is 1. The Kier molecular flexibility index (Phi) is 20.8. The molecule has 0 aromatic heterocycles. The van der Waals surface area contributed by atoms with Crippen molar-refractivity contribution in [3.05, 3.63) is 12.2 Å². The Morgan fingerprint density at radius 2 is 1.26 bits per heavy atom. The molecule has 0 heterocycles. The second kappa shape index (κ2) is 21.5. The fourth-order valence-electron chi connectivity index (χ4n) is 3.24. The molecule has 0 amide bonds. The van der Waals surface area contributed by atoms with Gasteiger partial charge in [0.05, 0.1) is 0 Å². The summed E-state index contributed by atoms with van der Waals surface area (Å²) in [5.41, 5.74) is 0. The van der Waals surface area contributed by atoms with Gasteiger partial charge in [-0.05, 0) is 45.2 Å². The first-order valence-electron chi connectivity index (χ1n) is 11.8. The van der Waals surface area contributed by atoms with Crippen LogP contribution in [0.3, 0.4) is 0 Å². The van der Waals surface area contributed by atoms with Gasteiger partial charge < -0.3 is 9.64 Å². The van der Waals surface area contributed by atoms with Gasteiger partial charge >= 0.3 is 5.97 Å². The monoisotopic (exact) mass is 381 g/mol. The zero-order chi connectivity index (χ0) is 20.0. The van der Waals surface area contributed by atoms with Crippen molar-refractivity contribution in [1.29, 1.82) is 0 Å². The number of unbranched alkanes of at least 4 members (excludes halogenated alkanes) is 11. The third kappa shape index (κ3) is 19.7. The molecule has 0 aromatic rings. The van der Waals surface area contributed by atoms with Crippen LogP contribution in [0.4, 0.5) is 0 Å². The van der Waals surface area contributed by atoms with Crippen molar-refractivity contribution >= 4 is 5.97 Å². The molecule has 0 rings (SSSR count). The first-order chi connectivity index (χ1) is 13.2. The van der Waals surface area contributed by atoms with E-state index in [1.165, 1.54) is 70.6 Å². The summed E-state index contributed by atoms with van der Waals surface area (Å²) in [5, 5.41) is 0. The number of nitrogens with zero attached hydrogens (tertiary/aromatic N) is 1. The molecule has 0 aromatic carbocycles. The summed E-state index contributed by atoms with van der Waals surface area (Å²) in [6.07, 6.45) is 22.0. The van der Waals surface area contributed by atoms with Gasteiger partial charge in [0.25, 0.3) is 0 Å². The predicted molar refractivity (Wildman–Crippen MR) is 118 cm³/mol. The number of hydrogen-bond donors (Lipinski definition) is 0. The number of rotatable bonds is 20. The Morgan fingerprint density at radius 1 is 0.741 bits per heavy atom. The second-order valence-electron chi connectivity index (χ2n) is 7.58. The molecule has 0 unspecified atom stereocenters. The zero-order valence-electron chi connectivity index (χ0n) is 18.6. The highest BCUT2D eigenvalue weighted by Gasteiger charge is 2.04. The molecule has 0 saturated carbocycles. The normalized spacial score (nSPS) is 11.6. The molecule has 0 saturated heterocycles. The zero-order valence-corrected chi connectivity index (χ0v) is 18.6. The average Bonchev–Trinajstić information content (AvgIpc) is 2.68. The predicted octanol–water partition coefficient (Wildman–Crippen LogP) is 6.91. The van der Waals surface area contributed by atoms with Crippen LogP contribution in [0.25, 0.3) is 0 Å². The van der Waals surface area contributed by atoms with Crippen LogP contribution in [-0.4, -0.2) is 37.1 Å². The van der Waals surface area contributed by atoms with E-state index >= 15 is 0 Å². The summed E-state index contributed by atoms with van der Waals surface area (Å²) in [7, 11) is 0. The van der Waals surface area contributed by atoms with Crippen molar-refractivity contribution in [2.24, 2.45) is 0 Å². The summed E-state index contributed by atoms with van der Waals surface area (Å²) in [5.74, 6) is -0.0280. The van der Waals surface area contributed by atoms with E-state index in [1.54, 1.807) is 0 Å². The highest BCUT2D eigenvalue weighted by atomic mass is 16.5. The van der Waals surface area contributed by atoms with Crippen LogP contribution in [-0.2, 0) is 9.53 Å². The average molecular weight is 382 g/mol. The minimum Gasteiger partial charge on any atom is -0.464 e. The lowest BCUT2D eigenvalue weighted by Gasteiger charge is -2.17. The van der Waals surface area contributed by atoms with Gasteiger partial charge in [-0.2, -0.15) is 0 Å². The summed E-state index contributed by atoms with van der Waals surface area (Å²) in [6.45, 7) is 9.96. The molecule has 27 heavy (non-hydrogen) atoms. The van der Waals surface area contributed by atoms with Crippen molar-refractivity contribution in [3.63, 3.8) is 0 Å². The number of hydrogen-bond acceptors (Lipinski definition) is 3. The molecular formula is C24H47NO2. The smallest absolute Gasteiger partial charge is 0.305 e. The van der Waals surface area contributed by atoms with E-state index in [4.69, 9.17) is 4.74 Å². The number of likely N-dealkylation sites (N-methyl/N-ethyl adjacent to an activating group) is 1. The highest BCUT2D eigenvalue weighted by molar-refractivity contribution is 5.69. The minimum atomic E-state index is -0.0280. The number of esters is 1. The van der Waals surface area contributed by atoms with Crippen LogP contribution < -0.4 is 0 Å². The van der Waals surface area contributed by atoms with Gasteiger partial charge in [0.2, 0.25) is 0 Å². The molecular weight excluding hydrogens is 334 g/mol. The third-order valence-electron chi connectivity index (χ3n) is 5.21. The molecule has 3 nitrogen and oxygen atoms in total. The Morgan fingerprint density at radius 3 is 1.81 bits per heavy atom. The summed E-state index contributed by atoms with van der Waals surface area (Å²) >= 11 is 0.